The number of benzene rings is 1. The number of hydrogen-bond acceptors (Lipinski definition) is 0. The molecular formula is C12H17Cl. The molecule has 0 nitrogen and oxygen atoms in total. The van der Waals surface area contributed by atoms with E-state index >= 15 is 0 Å². The van der Waals surface area contributed by atoms with Crippen LogP contribution in [0.3, 0.4) is 0 Å². The van der Waals surface area contributed by atoms with Crippen molar-refractivity contribution in [2.45, 2.75) is 26.2 Å². The fourth-order valence-corrected chi connectivity index (χ4v) is 1.70. The van der Waals surface area contributed by atoms with E-state index in [2.05, 4.69) is 37.3 Å². The maximum absolute atomic E-state index is 5.65. The van der Waals surface area contributed by atoms with Gasteiger partial charge in [0.2, 0.25) is 0 Å². The summed E-state index contributed by atoms with van der Waals surface area (Å²) >= 11 is 5.65. The molecule has 0 bridgehead atoms. The van der Waals surface area contributed by atoms with Gasteiger partial charge in [0, 0.05) is 5.88 Å². The fraction of sp³-hybridized carbons (Fsp3) is 0.500. The minimum Gasteiger partial charge on any atom is -0.127 e. The van der Waals surface area contributed by atoms with Crippen LogP contribution in [-0.2, 0) is 6.42 Å². The van der Waals surface area contributed by atoms with Gasteiger partial charge in [0.15, 0.2) is 0 Å². The summed E-state index contributed by atoms with van der Waals surface area (Å²) in [6.45, 7) is 2.29. The van der Waals surface area contributed by atoms with E-state index in [9.17, 15) is 0 Å². The summed E-state index contributed by atoms with van der Waals surface area (Å²) in [7, 11) is 0. The van der Waals surface area contributed by atoms with Crippen molar-refractivity contribution in [2.24, 2.45) is 5.92 Å². The normalized spacial score (nSPS) is 12.8. The van der Waals surface area contributed by atoms with Crippen molar-refractivity contribution in [1.82, 2.24) is 0 Å². The molecule has 0 spiro atoms. The van der Waals surface area contributed by atoms with Crippen LogP contribution in [0, 0.1) is 5.92 Å². The molecule has 0 aromatic heterocycles. The first kappa shape index (κ1) is 10.6. The van der Waals surface area contributed by atoms with E-state index in [1.807, 2.05) is 0 Å². The van der Waals surface area contributed by atoms with Crippen LogP contribution in [0.1, 0.15) is 25.3 Å². The lowest BCUT2D eigenvalue weighted by Gasteiger charge is -2.09. The van der Waals surface area contributed by atoms with Crippen molar-refractivity contribution in [2.75, 3.05) is 5.88 Å². The molecule has 1 aromatic carbocycles. The molecule has 0 aliphatic heterocycles. The van der Waals surface area contributed by atoms with Gasteiger partial charge in [-0.2, -0.15) is 0 Å². The van der Waals surface area contributed by atoms with Gasteiger partial charge in [-0.05, 0) is 30.7 Å². The van der Waals surface area contributed by atoms with Crippen molar-refractivity contribution in [3.05, 3.63) is 35.9 Å². The van der Waals surface area contributed by atoms with Gasteiger partial charge in [-0.1, -0.05) is 37.3 Å². The molecule has 1 unspecified atom stereocenters. The molecule has 0 heterocycles. The van der Waals surface area contributed by atoms with Crippen molar-refractivity contribution < 1.29 is 0 Å². The van der Waals surface area contributed by atoms with Gasteiger partial charge in [0.1, 0.15) is 0 Å². The Bertz CT molecular complexity index is 218. The van der Waals surface area contributed by atoms with E-state index in [0.29, 0.717) is 0 Å². The third-order valence-corrected chi connectivity index (χ3v) is 2.52. The molecule has 72 valence electrons. The van der Waals surface area contributed by atoms with Crippen molar-refractivity contribution in [3.8, 4) is 0 Å². The van der Waals surface area contributed by atoms with Gasteiger partial charge in [-0.3, -0.25) is 0 Å². The molecule has 0 fully saturated rings. The minimum atomic E-state index is 0.751. The van der Waals surface area contributed by atoms with Crippen LogP contribution in [0.2, 0.25) is 0 Å². The van der Waals surface area contributed by atoms with Crippen LogP contribution in [0.25, 0.3) is 0 Å². The van der Waals surface area contributed by atoms with E-state index < -0.39 is 0 Å². The predicted octanol–water partition coefficient (Wildman–Crippen LogP) is 3.88. The lowest BCUT2D eigenvalue weighted by Crippen LogP contribution is -1.99. The highest BCUT2D eigenvalue weighted by molar-refractivity contribution is 6.17. The molecular weight excluding hydrogens is 180 g/mol. The summed E-state index contributed by atoms with van der Waals surface area (Å²) in [6.07, 6.45) is 3.55. The Balaban J connectivity index is 2.32. The van der Waals surface area contributed by atoms with Crippen LogP contribution in [0.4, 0.5) is 0 Å². The third-order valence-electron chi connectivity index (χ3n) is 2.26. The zero-order chi connectivity index (χ0) is 9.52. The van der Waals surface area contributed by atoms with Crippen LogP contribution in [0.15, 0.2) is 30.3 Å². The first-order chi connectivity index (χ1) is 6.33. The van der Waals surface area contributed by atoms with Crippen molar-refractivity contribution >= 4 is 11.6 Å². The Kier molecular flexibility index (Phi) is 4.92. The molecule has 1 aromatic rings. The monoisotopic (exact) mass is 196 g/mol. The maximum Gasteiger partial charge on any atom is 0.0223 e. The Labute approximate surface area is 85.9 Å². The van der Waals surface area contributed by atoms with Gasteiger partial charge < -0.3 is 0 Å². The van der Waals surface area contributed by atoms with Crippen molar-refractivity contribution in [1.29, 1.82) is 0 Å². The molecule has 0 saturated heterocycles. The molecule has 1 rings (SSSR count). The largest absolute Gasteiger partial charge is 0.127 e. The van der Waals surface area contributed by atoms with Gasteiger partial charge >= 0.3 is 0 Å². The minimum absolute atomic E-state index is 0.751. The summed E-state index contributed by atoms with van der Waals surface area (Å²) in [5.41, 5.74) is 1.43. The molecule has 0 aliphatic carbocycles. The second-order valence-corrected chi connectivity index (χ2v) is 4.00. The zero-order valence-corrected chi connectivity index (χ0v) is 8.93. The number of halogens is 1. The highest BCUT2D eigenvalue weighted by atomic mass is 35.5. The van der Waals surface area contributed by atoms with Gasteiger partial charge in [-0.15, -0.1) is 11.6 Å². The lowest BCUT2D eigenvalue weighted by molar-refractivity contribution is 0.524. The fourth-order valence-electron chi connectivity index (χ4n) is 1.54. The van der Waals surface area contributed by atoms with E-state index in [4.69, 9.17) is 11.6 Å². The van der Waals surface area contributed by atoms with Gasteiger partial charge in [-0.25, -0.2) is 0 Å². The van der Waals surface area contributed by atoms with Crippen LogP contribution < -0.4 is 0 Å². The Morgan fingerprint density at radius 1 is 1.23 bits per heavy atom. The van der Waals surface area contributed by atoms with Crippen molar-refractivity contribution in [3.63, 3.8) is 0 Å². The van der Waals surface area contributed by atoms with E-state index in [1.165, 1.54) is 18.4 Å². The third kappa shape index (κ3) is 4.33. The molecule has 13 heavy (non-hydrogen) atoms. The summed E-state index contributed by atoms with van der Waals surface area (Å²) in [5, 5.41) is 0. The second kappa shape index (κ2) is 6.04. The standard InChI is InChI=1S/C12H17Cl/c1-11(6-5-9-13)10-12-7-3-2-4-8-12/h2-4,7-8,11H,5-6,9-10H2,1H3. The Hall–Kier alpha value is -0.490. The topological polar surface area (TPSA) is 0 Å². The maximum atomic E-state index is 5.65. The first-order valence-electron chi connectivity index (χ1n) is 4.93. The number of alkyl halides is 1. The summed E-state index contributed by atoms with van der Waals surface area (Å²) in [4.78, 5) is 0. The number of hydrogen-bond donors (Lipinski definition) is 0. The van der Waals surface area contributed by atoms with E-state index in [1.54, 1.807) is 0 Å². The average Bonchev–Trinajstić information content (AvgIpc) is 2.16. The van der Waals surface area contributed by atoms with Crippen LogP contribution >= 0.6 is 11.6 Å². The molecule has 0 radical (unpaired) electrons. The smallest absolute Gasteiger partial charge is 0.0223 e. The molecule has 0 aliphatic rings. The van der Waals surface area contributed by atoms with Crippen LogP contribution in [0.5, 0.6) is 0 Å². The second-order valence-electron chi connectivity index (χ2n) is 3.63. The zero-order valence-electron chi connectivity index (χ0n) is 8.17. The summed E-state index contributed by atoms with van der Waals surface area (Å²) in [6, 6.07) is 10.6. The predicted molar refractivity (Wildman–Crippen MR) is 59.3 cm³/mol. The van der Waals surface area contributed by atoms with Gasteiger partial charge in [0.05, 0.1) is 0 Å². The summed E-state index contributed by atoms with van der Waals surface area (Å²) < 4.78 is 0. The first-order valence-corrected chi connectivity index (χ1v) is 5.46. The highest BCUT2D eigenvalue weighted by Crippen LogP contribution is 2.13. The van der Waals surface area contributed by atoms with Gasteiger partial charge in [0.25, 0.3) is 0 Å². The lowest BCUT2D eigenvalue weighted by atomic mass is 9.97. The Morgan fingerprint density at radius 2 is 1.92 bits per heavy atom. The molecule has 1 atom stereocenters. The van der Waals surface area contributed by atoms with E-state index in [0.717, 1.165) is 18.2 Å². The molecule has 1 heteroatoms. The van der Waals surface area contributed by atoms with E-state index in [-0.39, 0.29) is 0 Å². The highest BCUT2D eigenvalue weighted by Gasteiger charge is 2.02. The molecule has 0 saturated carbocycles. The quantitative estimate of drug-likeness (QED) is 0.627. The van der Waals surface area contributed by atoms with Crippen LogP contribution in [-0.4, -0.2) is 5.88 Å². The molecule has 0 N–H and O–H groups in total. The summed E-state index contributed by atoms with van der Waals surface area (Å²) in [5.74, 6) is 1.54. The Morgan fingerprint density at radius 3 is 2.54 bits per heavy atom. The SMILES string of the molecule is CC(CCCCl)Cc1ccccc1. The average molecular weight is 197 g/mol. The molecule has 0 amide bonds. The number of rotatable bonds is 5.